The summed E-state index contributed by atoms with van der Waals surface area (Å²) in [6.07, 6.45) is -5.36. The molecule has 0 saturated carbocycles. The van der Waals surface area contributed by atoms with E-state index < -0.39 is 28.3 Å². The third-order valence-corrected chi connectivity index (χ3v) is 3.88. The minimum atomic E-state index is -4.29. The van der Waals surface area contributed by atoms with Crippen LogP contribution in [0.1, 0.15) is 31.7 Å². The van der Waals surface area contributed by atoms with Crippen LogP contribution in [0.2, 0.25) is 0 Å². The fourth-order valence-corrected chi connectivity index (χ4v) is 2.32. The van der Waals surface area contributed by atoms with Crippen molar-refractivity contribution in [2.24, 2.45) is 0 Å². The Morgan fingerprint density at radius 2 is 1.90 bits per heavy atom. The van der Waals surface area contributed by atoms with Gasteiger partial charge < -0.3 is 4.74 Å². The Morgan fingerprint density at radius 3 is 2.35 bits per heavy atom. The van der Waals surface area contributed by atoms with Crippen LogP contribution in [0, 0.1) is 0 Å². The third kappa shape index (κ3) is 5.20. The van der Waals surface area contributed by atoms with Gasteiger partial charge in [0, 0.05) is 10.7 Å². The van der Waals surface area contributed by atoms with Crippen LogP contribution in [-0.2, 0) is 9.05 Å². The van der Waals surface area contributed by atoms with Crippen molar-refractivity contribution in [2.45, 2.75) is 37.3 Å². The molecule has 0 aliphatic heterocycles. The lowest BCUT2D eigenvalue weighted by Gasteiger charge is -2.15. The van der Waals surface area contributed by atoms with E-state index in [4.69, 9.17) is 15.4 Å². The number of rotatable bonds is 5. The molecule has 1 aromatic rings. The van der Waals surface area contributed by atoms with Crippen molar-refractivity contribution in [1.29, 1.82) is 0 Å². The second-order valence-electron chi connectivity index (χ2n) is 4.51. The maximum absolute atomic E-state index is 12.1. The lowest BCUT2D eigenvalue weighted by atomic mass is 10.0. The highest BCUT2D eigenvalue weighted by Gasteiger charge is 2.27. The van der Waals surface area contributed by atoms with Gasteiger partial charge in [0.05, 0.1) is 17.9 Å². The molecule has 0 aliphatic carbocycles. The van der Waals surface area contributed by atoms with Gasteiger partial charge in [0.25, 0.3) is 9.05 Å². The van der Waals surface area contributed by atoms with Gasteiger partial charge in [-0.15, -0.1) is 0 Å². The van der Waals surface area contributed by atoms with Crippen LogP contribution in [-0.4, -0.2) is 21.2 Å². The standard InChI is InChI=1S/C12H14ClF3O3S/c1-8(2)10-7-9(20(13,17)18)3-4-11(10)19-6-5-12(14,15)16/h3-4,7-8H,5-6H2,1-2H3. The highest BCUT2D eigenvalue weighted by Crippen LogP contribution is 2.31. The number of benzene rings is 1. The monoisotopic (exact) mass is 330 g/mol. The van der Waals surface area contributed by atoms with E-state index in [-0.39, 0.29) is 16.6 Å². The van der Waals surface area contributed by atoms with Gasteiger partial charge in [-0.1, -0.05) is 13.8 Å². The Balaban J connectivity index is 2.97. The molecule has 20 heavy (non-hydrogen) atoms. The van der Waals surface area contributed by atoms with E-state index in [1.807, 2.05) is 0 Å². The predicted molar refractivity (Wildman–Crippen MR) is 69.7 cm³/mol. The Morgan fingerprint density at radius 1 is 1.30 bits per heavy atom. The summed E-state index contributed by atoms with van der Waals surface area (Å²) in [5.41, 5.74) is 0.494. The van der Waals surface area contributed by atoms with E-state index in [0.717, 1.165) is 0 Å². The molecule has 1 aromatic carbocycles. The molecule has 8 heteroatoms. The average molecular weight is 331 g/mol. The number of ether oxygens (including phenoxy) is 1. The topological polar surface area (TPSA) is 43.4 Å². The van der Waals surface area contributed by atoms with Crippen molar-refractivity contribution in [3.8, 4) is 5.75 Å². The fourth-order valence-electron chi connectivity index (χ4n) is 1.54. The zero-order valence-corrected chi connectivity index (χ0v) is 12.4. The third-order valence-electron chi connectivity index (χ3n) is 2.53. The minimum Gasteiger partial charge on any atom is -0.493 e. The number of hydrogen-bond acceptors (Lipinski definition) is 3. The quantitative estimate of drug-likeness (QED) is 0.764. The highest BCUT2D eigenvalue weighted by molar-refractivity contribution is 8.13. The van der Waals surface area contributed by atoms with Gasteiger partial charge in [0.15, 0.2) is 0 Å². The first-order valence-electron chi connectivity index (χ1n) is 5.79. The predicted octanol–water partition coefficient (Wildman–Crippen LogP) is 4.07. The molecule has 0 N–H and O–H groups in total. The van der Waals surface area contributed by atoms with Crippen molar-refractivity contribution >= 4 is 19.7 Å². The Kier molecular flexibility index (Phi) is 5.32. The lowest BCUT2D eigenvalue weighted by Crippen LogP contribution is -2.13. The molecule has 1 rings (SSSR count). The van der Waals surface area contributed by atoms with Crippen LogP contribution < -0.4 is 4.74 Å². The van der Waals surface area contributed by atoms with Crippen molar-refractivity contribution < 1.29 is 26.3 Å². The van der Waals surface area contributed by atoms with Crippen molar-refractivity contribution in [2.75, 3.05) is 6.61 Å². The van der Waals surface area contributed by atoms with E-state index in [1.165, 1.54) is 18.2 Å². The summed E-state index contributed by atoms with van der Waals surface area (Å²) >= 11 is 0. The zero-order valence-electron chi connectivity index (χ0n) is 10.9. The van der Waals surface area contributed by atoms with Crippen LogP contribution in [0.3, 0.4) is 0 Å². The normalized spacial score (nSPS) is 12.8. The molecule has 0 bridgehead atoms. The molecular formula is C12H14ClF3O3S. The van der Waals surface area contributed by atoms with Crippen LogP contribution in [0.15, 0.2) is 23.1 Å². The molecule has 3 nitrogen and oxygen atoms in total. The first-order chi connectivity index (χ1) is 9.00. The van der Waals surface area contributed by atoms with Crippen molar-refractivity contribution in [3.05, 3.63) is 23.8 Å². The van der Waals surface area contributed by atoms with Crippen molar-refractivity contribution in [3.63, 3.8) is 0 Å². The molecule has 0 radical (unpaired) electrons. The van der Waals surface area contributed by atoms with Crippen LogP contribution in [0.25, 0.3) is 0 Å². The highest BCUT2D eigenvalue weighted by atomic mass is 35.7. The van der Waals surface area contributed by atoms with E-state index in [9.17, 15) is 21.6 Å². The Labute approximate surface area is 120 Å². The largest absolute Gasteiger partial charge is 0.493 e. The van der Waals surface area contributed by atoms with Crippen LogP contribution in [0.4, 0.5) is 13.2 Å². The van der Waals surface area contributed by atoms with E-state index >= 15 is 0 Å². The van der Waals surface area contributed by atoms with Gasteiger partial charge in [0.2, 0.25) is 0 Å². The summed E-state index contributed by atoms with van der Waals surface area (Å²) in [5, 5.41) is 0. The molecule has 114 valence electrons. The summed E-state index contributed by atoms with van der Waals surface area (Å²) in [7, 11) is 1.35. The minimum absolute atomic E-state index is 0.106. The summed E-state index contributed by atoms with van der Waals surface area (Å²) in [6.45, 7) is 3.03. The second kappa shape index (κ2) is 6.22. The SMILES string of the molecule is CC(C)c1cc(S(=O)(=O)Cl)ccc1OCCC(F)(F)F. The number of hydrogen-bond donors (Lipinski definition) is 0. The summed E-state index contributed by atoms with van der Waals surface area (Å²) in [5.74, 6) is 0.113. The number of alkyl halides is 3. The van der Waals surface area contributed by atoms with Gasteiger partial charge in [-0.3, -0.25) is 0 Å². The average Bonchev–Trinajstić information content (AvgIpc) is 2.25. The molecule has 0 fully saturated rings. The lowest BCUT2D eigenvalue weighted by molar-refractivity contribution is -0.139. The number of halogens is 4. The molecule has 0 heterocycles. The summed E-state index contributed by atoms with van der Waals surface area (Å²) in [4.78, 5) is -0.106. The molecular weight excluding hydrogens is 317 g/mol. The first-order valence-corrected chi connectivity index (χ1v) is 8.10. The van der Waals surface area contributed by atoms with Gasteiger partial charge in [-0.05, 0) is 29.7 Å². The van der Waals surface area contributed by atoms with Crippen molar-refractivity contribution in [1.82, 2.24) is 0 Å². The first kappa shape index (κ1) is 17.1. The van der Waals surface area contributed by atoms with Crippen LogP contribution in [0.5, 0.6) is 5.75 Å². The maximum atomic E-state index is 12.1. The van der Waals surface area contributed by atoms with E-state index in [1.54, 1.807) is 13.8 Å². The van der Waals surface area contributed by atoms with Gasteiger partial charge in [0.1, 0.15) is 5.75 Å². The van der Waals surface area contributed by atoms with E-state index in [0.29, 0.717) is 5.56 Å². The molecule has 0 atom stereocenters. The second-order valence-corrected chi connectivity index (χ2v) is 7.07. The molecule has 0 saturated heterocycles. The van der Waals surface area contributed by atoms with Gasteiger partial charge in [-0.2, -0.15) is 13.2 Å². The maximum Gasteiger partial charge on any atom is 0.392 e. The molecule has 0 amide bonds. The summed E-state index contributed by atoms with van der Waals surface area (Å²) < 4.78 is 63.7. The summed E-state index contributed by atoms with van der Waals surface area (Å²) in [6, 6.07) is 3.84. The zero-order chi connectivity index (χ0) is 15.6. The Hall–Kier alpha value is -0.950. The molecule has 0 aromatic heterocycles. The van der Waals surface area contributed by atoms with E-state index in [2.05, 4.69) is 0 Å². The fraction of sp³-hybridized carbons (Fsp3) is 0.500. The molecule has 0 aliphatic rings. The Bertz CT molecular complexity index is 568. The smallest absolute Gasteiger partial charge is 0.392 e. The van der Waals surface area contributed by atoms with Gasteiger partial charge >= 0.3 is 6.18 Å². The van der Waals surface area contributed by atoms with Crippen LogP contribution >= 0.6 is 10.7 Å². The molecule has 0 unspecified atom stereocenters. The van der Waals surface area contributed by atoms with Gasteiger partial charge in [-0.25, -0.2) is 8.42 Å². The molecule has 0 spiro atoms.